The van der Waals surface area contributed by atoms with Gasteiger partial charge >= 0.3 is 0 Å². The first kappa shape index (κ1) is 17.0. The fourth-order valence-electron chi connectivity index (χ4n) is 3.41. The maximum atomic E-state index is 12.6. The fraction of sp³-hybridized carbons (Fsp3) is 0.316. The quantitative estimate of drug-likeness (QED) is 0.768. The lowest BCUT2D eigenvalue weighted by Gasteiger charge is -2.27. The average Bonchev–Trinajstić information content (AvgIpc) is 3.08. The summed E-state index contributed by atoms with van der Waals surface area (Å²) in [5, 5.41) is 12.1. The number of aromatic nitrogens is 3. The van der Waals surface area contributed by atoms with Crippen LogP contribution in [0.5, 0.6) is 0 Å². The molecule has 1 N–H and O–H groups in total. The molecule has 0 atom stereocenters. The highest BCUT2D eigenvalue weighted by atomic mass is 35.5. The second-order valence-electron chi connectivity index (χ2n) is 6.69. The fourth-order valence-corrected chi connectivity index (χ4v) is 3.63. The molecule has 4 rings (SSSR count). The highest BCUT2D eigenvalue weighted by molar-refractivity contribution is 6.34. The second kappa shape index (κ2) is 7.05. The van der Waals surface area contributed by atoms with Gasteiger partial charge in [0.15, 0.2) is 5.65 Å². The van der Waals surface area contributed by atoms with Gasteiger partial charge in [-0.25, -0.2) is 0 Å². The van der Waals surface area contributed by atoms with Crippen LogP contribution in [0.2, 0.25) is 5.02 Å². The van der Waals surface area contributed by atoms with Crippen LogP contribution in [0, 0.1) is 0 Å². The molecule has 1 aliphatic heterocycles. The monoisotopic (exact) mass is 369 g/mol. The maximum Gasteiger partial charge on any atom is 0.257 e. The average molecular weight is 370 g/mol. The number of nitrogens with zero attached hydrogens (tertiary/aromatic N) is 4. The molecule has 1 amide bonds. The van der Waals surface area contributed by atoms with E-state index in [-0.39, 0.29) is 5.91 Å². The lowest BCUT2D eigenvalue weighted by molar-refractivity contribution is 0.102. The van der Waals surface area contributed by atoms with E-state index in [1.54, 1.807) is 24.3 Å². The molecule has 1 fully saturated rings. The number of halogens is 1. The molecule has 7 heteroatoms. The summed E-state index contributed by atoms with van der Waals surface area (Å²) in [7, 11) is 2.14. The number of carbonyl (C=O) groups is 1. The van der Waals surface area contributed by atoms with Gasteiger partial charge in [-0.1, -0.05) is 23.7 Å². The molecule has 0 unspecified atom stereocenters. The van der Waals surface area contributed by atoms with Crippen LogP contribution in [0.15, 0.2) is 42.6 Å². The van der Waals surface area contributed by atoms with Gasteiger partial charge in [-0.2, -0.15) is 0 Å². The molecule has 0 saturated carbocycles. The number of piperidine rings is 1. The van der Waals surface area contributed by atoms with Crippen molar-refractivity contribution in [1.82, 2.24) is 19.5 Å². The van der Waals surface area contributed by atoms with Crippen LogP contribution >= 0.6 is 11.6 Å². The number of rotatable bonds is 3. The molecule has 0 aliphatic carbocycles. The van der Waals surface area contributed by atoms with Crippen molar-refractivity contribution in [3.63, 3.8) is 0 Å². The molecule has 3 heterocycles. The first-order valence-corrected chi connectivity index (χ1v) is 9.09. The van der Waals surface area contributed by atoms with Crippen LogP contribution in [0.25, 0.3) is 5.65 Å². The second-order valence-corrected chi connectivity index (χ2v) is 7.09. The highest BCUT2D eigenvalue weighted by Gasteiger charge is 2.23. The number of nitrogens with one attached hydrogen (secondary N) is 1. The van der Waals surface area contributed by atoms with Gasteiger partial charge in [0.25, 0.3) is 5.91 Å². The summed E-state index contributed by atoms with van der Waals surface area (Å²) in [6.07, 6.45) is 4.08. The van der Waals surface area contributed by atoms with Crippen LogP contribution in [-0.2, 0) is 0 Å². The molecule has 3 aromatic rings. The zero-order chi connectivity index (χ0) is 18.1. The Morgan fingerprint density at radius 3 is 2.69 bits per heavy atom. The zero-order valence-electron chi connectivity index (χ0n) is 14.5. The molecule has 1 aromatic carbocycles. The predicted molar refractivity (Wildman–Crippen MR) is 102 cm³/mol. The van der Waals surface area contributed by atoms with Crippen LogP contribution < -0.4 is 5.32 Å². The number of hydrogen-bond donors (Lipinski definition) is 1. The molecule has 0 spiro atoms. The van der Waals surface area contributed by atoms with Gasteiger partial charge < -0.3 is 10.2 Å². The van der Waals surface area contributed by atoms with E-state index in [1.165, 1.54) is 0 Å². The topological polar surface area (TPSA) is 62.5 Å². The summed E-state index contributed by atoms with van der Waals surface area (Å²) >= 11 is 6.12. The van der Waals surface area contributed by atoms with E-state index >= 15 is 0 Å². The van der Waals surface area contributed by atoms with E-state index in [0.29, 0.717) is 27.8 Å². The molecule has 26 heavy (non-hydrogen) atoms. The Labute approximate surface area is 156 Å². The largest absolute Gasteiger partial charge is 0.319 e. The summed E-state index contributed by atoms with van der Waals surface area (Å²) < 4.78 is 1.98. The lowest BCUT2D eigenvalue weighted by atomic mass is 9.96. The summed E-state index contributed by atoms with van der Waals surface area (Å²) in [6, 6.07) is 10.7. The number of benzene rings is 1. The molecule has 134 valence electrons. The van der Waals surface area contributed by atoms with Crippen molar-refractivity contribution in [2.75, 3.05) is 25.5 Å². The van der Waals surface area contributed by atoms with Crippen molar-refractivity contribution in [1.29, 1.82) is 0 Å². The van der Waals surface area contributed by atoms with Gasteiger partial charge in [0.1, 0.15) is 5.82 Å². The Morgan fingerprint density at radius 2 is 1.92 bits per heavy atom. The van der Waals surface area contributed by atoms with Crippen molar-refractivity contribution in [3.8, 4) is 0 Å². The number of pyridine rings is 1. The van der Waals surface area contributed by atoms with Gasteiger partial charge in [-0.3, -0.25) is 9.20 Å². The number of anilines is 1. The minimum absolute atomic E-state index is 0.257. The third kappa shape index (κ3) is 3.18. The van der Waals surface area contributed by atoms with Gasteiger partial charge in [0.2, 0.25) is 0 Å². The lowest BCUT2D eigenvalue weighted by Crippen LogP contribution is -2.29. The van der Waals surface area contributed by atoms with Gasteiger partial charge in [-0.15, -0.1) is 10.2 Å². The van der Waals surface area contributed by atoms with Crippen LogP contribution in [-0.4, -0.2) is 45.5 Å². The third-order valence-electron chi connectivity index (χ3n) is 4.91. The standard InChI is InChI=1S/C19H20ClN5O/c1-24-11-8-13(9-12-24)17-22-23-18-16(7-4-10-25(17)18)21-19(26)14-5-2-3-6-15(14)20/h2-7,10,13H,8-9,11-12H2,1H3,(H,21,26). The molecule has 6 nitrogen and oxygen atoms in total. The van der Waals surface area contributed by atoms with E-state index in [9.17, 15) is 4.79 Å². The van der Waals surface area contributed by atoms with Gasteiger partial charge in [-0.05, 0) is 57.2 Å². The predicted octanol–water partition coefficient (Wildman–Crippen LogP) is 3.44. The van der Waals surface area contributed by atoms with Crippen LogP contribution in [0.1, 0.15) is 34.9 Å². The first-order valence-electron chi connectivity index (χ1n) is 8.71. The number of carbonyl (C=O) groups excluding carboxylic acids is 1. The van der Waals surface area contributed by atoms with E-state index in [1.807, 2.05) is 22.7 Å². The Hall–Kier alpha value is -2.44. The molecule has 0 radical (unpaired) electrons. The smallest absolute Gasteiger partial charge is 0.257 e. The molecule has 1 saturated heterocycles. The summed E-state index contributed by atoms with van der Waals surface area (Å²) in [4.78, 5) is 14.9. The number of fused-ring (bicyclic) bond motifs is 1. The third-order valence-corrected chi connectivity index (χ3v) is 5.24. The Kier molecular flexibility index (Phi) is 4.61. The first-order chi connectivity index (χ1) is 12.6. The molecular formula is C19H20ClN5O. The van der Waals surface area contributed by atoms with Crippen LogP contribution in [0.4, 0.5) is 5.69 Å². The zero-order valence-corrected chi connectivity index (χ0v) is 15.3. The molecule has 0 bridgehead atoms. The van der Waals surface area contributed by atoms with Crippen molar-refractivity contribution in [2.45, 2.75) is 18.8 Å². The number of likely N-dealkylation sites (tertiary alicyclic amines) is 1. The van der Waals surface area contributed by atoms with E-state index in [2.05, 4.69) is 27.5 Å². The Morgan fingerprint density at radius 1 is 1.15 bits per heavy atom. The SMILES string of the molecule is CN1CCC(c2nnc3c(NC(=O)c4ccccc4Cl)cccn23)CC1. The van der Waals surface area contributed by atoms with Crippen LogP contribution in [0.3, 0.4) is 0 Å². The molecule has 2 aromatic heterocycles. The minimum atomic E-state index is -0.257. The van der Waals surface area contributed by atoms with Crippen molar-refractivity contribution >= 4 is 28.8 Å². The van der Waals surface area contributed by atoms with Gasteiger partial charge in [0, 0.05) is 12.1 Å². The number of amides is 1. The van der Waals surface area contributed by atoms with Crippen molar-refractivity contribution < 1.29 is 4.79 Å². The number of hydrogen-bond acceptors (Lipinski definition) is 4. The summed E-state index contributed by atoms with van der Waals surface area (Å²) in [5.74, 6) is 1.09. The summed E-state index contributed by atoms with van der Waals surface area (Å²) in [5.41, 5.74) is 1.72. The van der Waals surface area contributed by atoms with E-state index in [4.69, 9.17) is 11.6 Å². The van der Waals surface area contributed by atoms with E-state index in [0.717, 1.165) is 31.8 Å². The van der Waals surface area contributed by atoms with Crippen molar-refractivity contribution in [2.24, 2.45) is 0 Å². The molecular weight excluding hydrogens is 350 g/mol. The Bertz CT molecular complexity index is 946. The summed E-state index contributed by atoms with van der Waals surface area (Å²) in [6.45, 7) is 2.12. The molecule has 1 aliphatic rings. The van der Waals surface area contributed by atoms with E-state index < -0.39 is 0 Å². The van der Waals surface area contributed by atoms with Crippen molar-refractivity contribution in [3.05, 3.63) is 59.0 Å². The highest BCUT2D eigenvalue weighted by Crippen LogP contribution is 2.28. The minimum Gasteiger partial charge on any atom is -0.319 e. The Balaban J connectivity index is 1.63. The maximum absolute atomic E-state index is 12.6. The normalized spacial score (nSPS) is 16.1. The van der Waals surface area contributed by atoms with Gasteiger partial charge in [0.05, 0.1) is 16.3 Å².